The molecule has 125 heavy (non-hydrogen) atoms. The first-order valence-corrected chi connectivity index (χ1v) is 42.8. The van der Waals surface area contributed by atoms with Crippen LogP contribution >= 0.6 is 15.9 Å². The van der Waals surface area contributed by atoms with E-state index in [4.69, 9.17) is 28.6 Å². The van der Waals surface area contributed by atoms with Gasteiger partial charge in [0.1, 0.15) is 28.8 Å². The first-order chi connectivity index (χ1) is 55.7. The molecule has 1 heterocycles. The molecule has 0 radical (unpaired) electrons. The summed E-state index contributed by atoms with van der Waals surface area (Å²) in [6.07, 6.45) is 4.88. The van der Waals surface area contributed by atoms with Gasteiger partial charge in [0.2, 0.25) is 28.6 Å². The fourth-order valence-corrected chi connectivity index (χ4v) is 15.8. The summed E-state index contributed by atoms with van der Waals surface area (Å²) in [6.45, 7) is 13.6. The van der Waals surface area contributed by atoms with Crippen LogP contribution in [0.1, 0.15) is 231 Å². The summed E-state index contributed by atoms with van der Waals surface area (Å²) in [7, 11) is -19.8. The number of carboxylic acid groups (broad SMARTS) is 3. The van der Waals surface area contributed by atoms with Gasteiger partial charge >= 0.3 is 71.7 Å². The van der Waals surface area contributed by atoms with Gasteiger partial charge in [0, 0.05) is 128 Å². The van der Waals surface area contributed by atoms with Crippen LogP contribution in [-0.2, 0) is 62.8 Å². The fourth-order valence-electron chi connectivity index (χ4n) is 12.3. The summed E-state index contributed by atoms with van der Waals surface area (Å²) in [5.41, 5.74) is -17.1. The first-order valence-electron chi connectivity index (χ1n) is 37.7. The Balaban J connectivity index is 0.000000308. The van der Waals surface area contributed by atoms with E-state index in [0.717, 1.165) is 61.5 Å². The van der Waals surface area contributed by atoms with Crippen molar-refractivity contribution in [3.8, 4) is 17.2 Å². The Morgan fingerprint density at radius 3 is 1.22 bits per heavy atom. The number of aryl methyl sites for hydroxylation is 3. The third-order valence-corrected chi connectivity index (χ3v) is 26.2. The number of benzene rings is 4. The molecule has 0 amide bonds. The van der Waals surface area contributed by atoms with Gasteiger partial charge < -0.3 is 43.0 Å². The normalized spacial score (nSPS) is 21.1. The molecule has 0 spiro atoms. The summed E-state index contributed by atoms with van der Waals surface area (Å²) >= 11 is 3.34. The minimum absolute atomic E-state index is 0. The molecule has 5 saturated carbocycles. The molecule has 1 aliphatic heterocycles. The Morgan fingerprint density at radius 2 is 0.840 bits per heavy atom. The number of para-hydroxylation sites is 1. The maximum atomic E-state index is 13.3. The Labute approximate surface area is 721 Å². The monoisotopic (exact) mass is 1940 g/mol. The molecule has 8 aliphatic carbocycles. The van der Waals surface area contributed by atoms with Crippen LogP contribution in [0.15, 0.2) is 119 Å². The molecule has 6 fully saturated rings. The Kier molecular flexibility index (Phi) is 35.8. The van der Waals surface area contributed by atoms with Gasteiger partial charge in [0.15, 0.2) is 0 Å². The van der Waals surface area contributed by atoms with Crippen LogP contribution in [0, 0.1) is 20.8 Å². The molecule has 0 bridgehead atoms. The third-order valence-electron chi connectivity index (χ3n) is 20.9. The molecular formula is C81H100BBrF19NO19S3. The van der Waals surface area contributed by atoms with Gasteiger partial charge in [0.05, 0.1) is 21.4 Å². The second-order valence-corrected chi connectivity index (χ2v) is 37.7. The van der Waals surface area contributed by atoms with E-state index in [9.17, 15) is 138 Å². The lowest BCUT2D eigenvalue weighted by molar-refractivity contribution is -0.148. The number of alkyl halides is 19. The summed E-state index contributed by atoms with van der Waals surface area (Å²) in [5.74, 6) is -15.1. The number of carbonyl (C=O) groups is 4. The number of anilines is 1. The topological polar surface area (TPSA) is 290 Å². The Hall–Kier alpha value is -7.84. The number of aliphatic carboxylic acids is 3. The van der Waals surface area contributed by atoms with Crippen molar-refractivity contribution in [1.82, 2.24) is 0 Å². The molecule has 1 saturated heterocycles. The van der Waals surface area contributed by atoms with E-state index < -0.39 is 164 Å². The number of hydrogen-bond donors (Lipinski definition) is 3. The molecule has 0 aromatic heterocycles. The van der Waals surface area contributed by atoms with Crippen molar-refractivity contribution in [2.24, 2.45) is 0 Å². The van der Waals surface area contributed by atoms with E-state index in [-0.39, 0.29) is 105 Å². The number of ketones is 1. The summed E-state index contributed by atoms with van der Waals surface area (Å²) < 4.78 is 336. The predicted octanol–water partition coefficient (Wildman–Crippen LogP) is 23.0. The maximum Gasteiger partial charge on any atom is 0.534 e. The molecule has 20 nitrogen and oxygen atoms in total. The zero-order valence-electron chi connectivity index (χ0n) is 66.3. The van der Waals surface area contributed by atoms with E-state index in [2.05, 4.69) is 20.1 Å². The predicted molar refractivity (Wildman–Crippen MR) is 428 cm³/mol. The molecule has 4 aromatic carbocycles. The number of allylic oxidation sites excluding steroid dienone is 6. The number of carbonyl (C=O) groups excluding carboxylic acids is 1. The fraction of sp³-hybridized carbons (Fsp3) is 0.580. The highest BCUT2D eigenvalue weighted by molar-refractivity contribution is 9.10. The lowest BCUT2D eigenvalue weighted by atomic mass is 9.72. The van der Waals surface area contributed by atoms with Crippen molar-refractivity contribution in [3.05, 3.63) is 147 Å². The number of rotatable bonds is 17. The molecule has 3 N–H and O–H groups in total. The highest BCUT2D eigenvalue weighted by Crippen LogP contribution is 2.51. The smallest absolute Gasteiger partial charge is 0.478 e. The number of hydrogen-bond acceptors (Lipinski definition) is 16. The number of halogens is 20. The molecule has 704 valence electrons. The lowest BCUT2D eigenvalue weighted by Gasteiger charge is -2.32. The largest absolute Gasteiger partial charge is 0.534 e. The highest BCUT2D eigenvalue weighted by Gasteiger charge is 2.63. The van der Waals surface area contributed by atoms with Crippen molar-refractivity contribution < 1.29 is 171 Å². The lowest BCUT2D eigenvalue weighted by Crippen LogP contribution is -2.49. The number of Topliss-reactive ketones (excluding diaryl/α,β-unsaturated/α-hetero) is 1. The minimum Gasteiger partial charge on any atom is -0.478 e. The Bertz CT molecular complexity index is 4820. The van der Waals surface area contributed by atoms with E-state index in [0.29, 0.717) is 93.2 Å². The number of carboxylic acids is 3. The molecule has 0 atom stereocenters. The van der Waals surface area contributed by atoms with Crippen LogP contribution in [0.2, 0.25) is 0 Å². The van der Waals surface area contributed by atoms with Crippen LogP contribution in [-0.4, -0.2) is 146 Å². The van der Waals surface area contributed by atoms with Crippen molar-refractivity contribution in [1.29, 1.82) is 0 Å². The summed E-state index contributed by atoms with van der Waals surface area (Å²) in [5, 5.41) is 27.5. The van der Waals surface area contributed by atoms with Crippen LogP contribution in [0.3, 0.4) is 0 Å². The zero-order chi connectivity index (χ0) is 92.1. The van der Waals surface area contributed by atoms with Gasteiger partial charge in [-0.2, -0.15) is 64.8 Å². The number of ether oxygens (including phenoxy) is 3. The zero-order valence-corrected chi connectivity index (χ0v) is 70.4. The number of nitrogens with zero attached hydrogens (tertiary/aromatic N) is 1. The van der Waals surface area contributed by atoms with Crippen molar-refractivity contribution in [2.75, 3.05) is 3.71 Å². The highest BCUT2D eigenvalue weighted by atomic mass is 79.9. The van der Waals surface area contributed by atoms with E-state index in [1.807, 2.05) is 97.0 Å². The van der Waals surface area contributed by atoms with E-state index in [1.54, 1.807) is 18.2 Å². The second kappa shape index (κ2) is 40.9. The standard InChI is InChI=1S/C17H20F2O3.C17H18F2O3.C12H19BF2O2.C11H11BrO3.C8H5F6NO4S2.C7H7F5O3S.C6H8F2O.3CH4/c2*1-11-2-3-13(12-4-6-17(18,19)7-5-12)14(10-11)22-16(8-9-16)15(20)21;1-10(2)11(3,4)17-13(16-10)9-5-7-12(14,15)8-6-9;1-7-2-3-8(12)9(6-7)15-11(4-5-11)10(13)14;9-7(10,11)20(16,17)15(6-4-2-1-3-5-6)21(18,19)8(12,13)14;8-6(9)3-1-5(2-4-6)15-16(13,14)7(10,11)12;7-6(8)3-1-5(9)2-4-6;;;/h2-3,10,12H,4-9H2,1H3,(H,20,21);2-4,10H,5-9H2,1H3,(H,20,21);5H,6-8H2,1-4H3;2-3,6H,4-5H2,1H3,(H,13,14);1-5H;1H,2-4H2;1-4H2;3*1H4. The number of sulfonamides is 2. The molecule has 9 aliphatic rings. The SMILES string of the molecule is C.C.C.CC1(C)OB(C2=CCC(F)(F)CC2)OC1(C)C.Cc1ccc(Br)c(OC2(C(=O)O)CC2)c1.Cc1ccc(C2=CCC(F)(F)CC2)c(OC2(C(=O)O)CC2)c1.Cc1ccc(C2CCC(F)(F)CC2)c(OC2(C(=O)O)CC2)c1.O=C1CCC(F)(F)CC1.O=S(=O)(N(c1ccccc1)S(=O)(=O)C(F)(F)F)C(F)(F)F.O=S(=O)(OC1=CCC(F)(F)CC1)C(F)(F)F. The molecule has 44 heteroatoms. The first kappa shape index (κ1) is 109. The average Bonchev–Trinajstić information content (AvgIpc) is 1.73. The van der Waals surface area contributed by atoms with Crippen LogP contribution in [0.4, 0.5) is 89.1 Å². The minimum atomic E-state index is -6.81. The van der Waals surface area contributed by atoms with Gasteiger partial charge in [-0.1, -0.05) is 83.0 Å². The van der Waals surface area contributed by atoms with Gasteiger partial charge in [-0.15, -0.1) is 3.71 Å². The van der Waals surface area contributed by atoms with Gasteiger partial charge in [-0.3, -0.25) is 4.79 Å². The van der Waals surface area contributed by atoms with Crippen molar-refractivity contribution in [3.63, 3.8) is 0 Å². The van der Waals surface area contributed by atoms with Gasteiger partial charge in [-0.25, -0.2) is 58.3 Å². The van der Waals surface area contributed by atoms with Crippen LogP contribution in [0.5, 0.6) is 17.2 Å². The Morgan fingerprint density at radius 1 is 0.464 bits per heavy atom. The third kappa shape index (κ3) is 29.6. The van der Waals surface area contributed by atoms with Gasteiger partial charge in [0.25, 0.3) is 17.8 Å². The van der Waals surface area contributed by atoms with E-state index in [1.165, 1.54) is 0 Å². The van der Waals surface area contributed by atoms with Crippen LogP contribution in [0.25, 0.3) is 5.57 Å². The quantitative estimate of drug-likeness (QED) is 0.0383. The molecule has 4 aromatic rings. The van der Waals surface area contributed by atoms with Crippen molar-refractivity contribution in [2.45, 2.75) is 298 Å². The van der Waals surface area contributed by atoms with Crippen molar-refractivity contribution >= 4 is 88.2 Å². The summed E-state index contributed by atoms with van der Waals surface area (Å²) in [6, 6.07) is 20.6. The van der Waals surface area contributed by atoms with Gasteiger partial charge in [-0.05, 0) is 172 Å². The summed E-state index contributed by atoms with van der Waals surface area (Å²) in [4.78, 5) is 44.0. The maximum absolute atomic E-state index is 13.3. The van der Waals surface area contributed by atoms with E-state index >= 15 is 0 Å². The average molecular weight is 1940 g/mol. The molecule has 13 rings (SSSR count). The molecular weight excluding hydrogens is 1840 g/mol. The second-order valence-electron chi connectivity index (χ2n) is 31.6. The van der Waals surface area contributed by atoms with Crippen LogP contribution < -0.4 is 17.9 Å². The molecule has 0 unspecified atom stereocenters.